The molecule has 4 nitrogen and oxygen atoms in total. The average Bonchev–Trinajstić information content (AvgIpc) is 2.00. The van der Waals surface area contributed by atoms with Gasteiger partial charge in [-0.2, -0.15) is 0 Å². The van der Waals surface area contributed by atoms with Crippen LogP contribution in [0.1, 0.15) is 0 Å². The second kappa shape index (κ2) is 4.20. The molecule has 0 bridgehead atoms. The summed E-state index contributed by atoms with van der Waals surface area (Å²) in [5.74, 6) is -1.58. The maximum absolute atomic E-state index is 12.5. The number of aliphatic carboxylic acids is 1. The van der Waals surface area contributed by atoms with E-state index in [2.05, 4.69) is 0 Å². The number of carboxylic acids is 1. The van der Waals surface area contributed by atoms with Gasteiger partial charge in [0.1, 0.15) is 12.2 Å². The molecule has 0 aromatic heterocycles. The van der Waals surface area contributed by atoms with Crippen molar-refractivity contribution in [2.75, 3.05) is 6.54 Å². The number of alkyl halides is 2. The van der Waals surface area contributed by atoms with Crippen LogP contribution in [0.2, 0.25) is 0 Å². The minimum Gasteiger partial charge on any atom is -0.480 e. The maximum Gasteiger partial charge on any atom is 0.323 e. The summed E-state index contributed by atoms with van der Waals surface area (Å²) in [5.41, 5.74) is 9.51. The first kappa shape index (κ1) is 10.2. The lowest BCUT2D eigenvalue weighted by Crippen LogP contribution is -2.46. The molecule has 0 rings (SSSR count). The van der Waals surface area contributed by atoms with Crippen molar-refractivity contribution in [3.63, 3.8) is 0 Å². The summed E-state index contributed by atoms with van der Waals surface area (Å²) < 4.78 is 24.8. The molecule has 66 valence electrons. The van der Waals surface area contributed by atoms with E-state index >= 15 is 0 Å². The molecule has 3 unspecified atom stereocenters. The molecule has 0 fully saturated rings. The van der Waals surface area contributed by atoms with Gasteiger partial charge in [-0.05, 0) is 0 Å². The fourth-order valence-electron chi connectivity index (χ4n) is 0.491. The Morgan fingerprint density at radius 3 is 2.27 bits per heavy atom. The fraction of sp³-hybridized carbons (Fsp3) is 0.800. The lowest BCUT2D eigenvalue weighted by molar-refractivity contribution is -0.140. The van der Waals surface area contributed by atoms with Crippen molar-refractivity contribution in [2.24, 2.45) is 11.5 Å². The van der Waals surface area contributed by atoms with Gasteiger partial charge in [0.05, 0.1) is 0 Å². The first-order valence-electron chi connectivity index (χ1n) is 2.97. The van der Waals surface area contributed by atoms with Crippen molar-refractivity contribution in [1.82, 2.24) is 0 Å². The van der Waals surface area contributed by atoms with E-state index in [4.69, 9.17) is 16.6 Å². The van der Waals surface area contributed by atoms with E-state index in [1.54, 1.807) is 0 Å². The summed E-state index contributed by atoms with van der Waals surface area (Å²) in [4.78, 5) is 9.99. The van der Waals surface area contributed by atoms with Gasteiger partial charge in [0, 0.05) is 6.54 Å². The van der Waals surface area contributed by atoms with E-state index in [0.29, 0.717) is 0 Å². The predicted octanol–water partition coefficient (Wildman–Crippen LogP) is -0.967. The van der Waals surface area contributed by atoms with Gasteiger partial charge in [-0.25, -0.2) is 8.78 Å². The van der Waals surface area contributed by atoms with Crippen molar-refractivity contribution in [3.8, 4) is 0 Å². The molecule has 0 amide bonds. The Morgan fingerprint density at radius 2 is 2.00 bits per heavy atom. The quantitative estimate of drug-likeness (QED) is 0.504. The highest BCUT2D eigenvalue weighted by Gasteiger charge is 2.30. The lowest BCUT2D eigenvalue weighted by atomic mass is 10.1. The van der Waals surface area contributed by atoms with Crippen LogP contribution in [0, 0.1) is 0 Å². The summed E-state index contributed by atoms with van der Waals surface area (Å²) >= 11 is 0. The monoisotopic (exact) mass is 168 g/mol. The molecule has 5 N–H and O–H groups in total. The first-order chi connectivity index (χ1) is 5.00. The molecular weight excluding hydrogens is 158 g/mol. The molecule has 6 heteroatoms. The standard InChI is InChI=1S/C5H10F2N2O2/c6-2(1-8)3(7)4(9)5(10)11/h2-4H,1,8-9H2,(H,10,11). The van der Waals surface area contributed by atoms with Gasteiger partial charge in [-0.3, -0.25) is 4.79 Å². The molecule has 0 saturated carbocycles. The molecule has 0 radical (unpaired) electrons. The minimum absolute atomic E-state index is 0.567. The van der Waals surface area contributed by atoms with E-state index in [1.165, 1.54) is 0 Å². The van der Waals surface area contributed by atoms with Crippen molar-refractivity contribution < 1.29 is 18.7 Å². The molecule has 0 aliphatic heterocycles. The molecule has 0 aliphatic carbocycles. The Morgan fingerprint density at radius 1 is 1.55 bits per heavy atom. The molecule has 3 atom stereocenters. The second-order valence-corrected chi connectivity index (χ2v) is 2.06. The zero-order valence-corrected chi connectivity index (χ0v) is 5.71. The summed E-state index contributed by atoms with van der Waals surface area (Å²) in [6.45, 7) is -0.567. The topological polar surface area (TPSA) is 89.3 Å². The highest BCUT2D eigenvalue weighted by molar-refractivity contribution is 5.74. The highest BCUT2D eigenvalue weighted by Crippen LogP contribution is 2.06. The number of halogens is 2. The molecule has 0 aliphatic rings. The molecular formula is C5H10F2N2O2. The van der Waals surface area contributed by atoms with Gasteiger partial charge in [0.15, 0.2) is 6.17 Å². The highest BCUT2D eigenvalue weighted by atomic mass is 19.2. The van der Waals surface area contributed by atoms with Crippen LogP contribution in [0.4, 0.5) is 8.78 Å². The third kappa shape index (κ3) is 2.77. The predicted molar refractivity (Wildman–Crippen MR) is 34.5 cm³/mol. The number of carbonyl (C=O) groups is 1. The molecule has 0 aromatic rings. The third-order valence-corrected chi connectivity index (χ3v) is 1.20. The van der Waals surface area contributed by atoms with Crippen LogP contribution in [0.5, 0.6) is 0 Å². The van der Waals surface area contributed by atoms with Crippen LogP contribution >= 0.6 is 0 Å². The normalized spacial score (nSPS) is 18.9. The SMILES string of the molecule is NCC(F)C(F)C(N)C(=O)O. The van der Waals surface area contributed by atoms with Crippen molar-refractivity contribution in [1.29, 1.82) is 0 Å². The van der Waals surface area contributed by atoms with Gasteiger partial charge < -0.3 is 16.6 Å². The number of hydrogen-bond acceptors (Lipinski definition) is 3. The Labute approximate surface area is 62.2 Å². The van der Waals surface area contributed by atoms with Crippen molar-refractivity contribution in [2.45, 2.75) is 18.4 Å². The zero-order valence-electron chi connectivity index (χ0n) is 5.71. The summed E-state index contributed by atoms with van der Waals surface area (Å²) in [5, 5.41) is 8.12. The van der Waals surface area contributed by atoms with Gasteiger partial charge >= 0.3 is 5.97 Å². The maximum atomic E-state index is 12.5. The van der Waals surface area contributed by atoms with Crippen LogP contribution in [0.25, 0.3) is 0 Å². The minimum atomic E-state index is -2.24. The third-order valence-electron chi connectivity index (χ3n) is 1.20. The van der Waals surface area contributed by atoms with Gasteiger partial charge in [0.25, 0.3) is 0 Å². The van der Waals surface area contributed by atoms with Gasteiger partial charge in [0.2, 0.25) is 0 Å². The summed E-state index contributed by atoms with van der Waals surface area (Å²) in [7, 11) is 0. The Hall–Kier alpha value is -0.750. The van der Waals surface area contributed by atoms with Crippen molar-refractivity contribution >= 4 is 5.97 Å². The molecule has 0 spiro atoms. The van der Waals surface area contributed by atoms with Crippen LogP contribution in [0.15, 0.2) is 0 Å². The Kier molecular flexibility index (Phi) is 3.91. The molecule has 0 aromatic carbocycles. The Balaban J connectivity index is 4.00. The van der Waals surface area contributed by atoms with Crippen LogP contribution in [0.3, 0.4) is 0 Å². The average molecular weight is 168 g/mol. The number of rotatable bonds is 4. The smallest absolute Gasteiger partial charge is 0.323 e. The molecule has 11 heavy (non-hydrogen) atoms. The van der Waals surface area contributed by atoms with Gasteiger partial charge in [-0.15, -0.1) is 0 Å². The van der Waals surface area contributed by atoms with E-state index in [9.17, 15) is 13.6 Å². The molecule has 0 heterocycles. The van der Waals surface area contributed by atoms with E-state index in [0.717, 1.165) is 0 Å². The van der Waals surface area contributed by atoms with E-state index in [1.807, 2.05) is 0 Å². The second-order valence-electron chi connectivity index (χ2n) is 2.06. The zero-order chi connectivity index (χ0) is 9.02. The fourth-order valence-corrected chi connectivity index (χ4v) is 0.491. The van der Waals surface area contributed by atoms with Crippen molar-refractivity contribution in [3.05, 3.63) is 0 Å². The van der Waals surface area contributed by atoms with E-state index < -0.39 is 30.9 Å². The lowest BCUT2D eigenvalue weighted by Gasteiger charge is -2.14. The van der Waals surface area contributed by atoms with Crippen LogP contribution in [-0.2, 0) is 4.79 Å². The largest absolute Gasteiger partial charge is 0.480 e. The summed E-state index contributed by atoms with van der Waals surface area (Å²) in [6.07, 6.45) is -4.25. The number of hydrogen-bond donors (Lipinski definition) is 3. The molecule has 0 saturated heterocycles. The Bertz CT molecular complexity index is 144. The van der Waals surface area contributed by atoms with E-state index in [-0.39, 0.29) is 0 Å². The van der Waals surface area contributed by atoms with Gasteiger partial charge in [-0.1, -0.05) is 0 Å². The number of carboxylic acid groups (broad SMARTS) is 1. The van der Waals surface area contributed by atoms with Crippen LogP contribution < -0.4 is 11.5 Å². The summed E-state index contributed by atoms with van der Waals surface area (Å²) in [6, 6.07) is -1.84. The first-order valence-corrected chi connectivity index (χ1v) is 2.97. The van der Waals surface area contributed by atoms with Crippen LogP contribution in [-0.4, -0.2) is 36.0 Å². The number of nitrogens with two attached hydrogens (primary N) is 2.